The molecule has 12 aromatic rings. The van der Waals surface area contributed by atoms with Gasteiger partial charge in [0.1, 0.15) is 0 Å². The van der Waals surface area contributed by atoms with E-state index in [0.717, 1.165) is 55.6 Å². The van der Waals surface area contributed by atoms with Crippen LogP contribution < -0.4 is 0 Å². The van der Waals surface area contributed by atoms with Crippen LogP contribution >= 0.6 is 0 Å². The SMILES string of the molecule is CC(C)(C)c1ccc2c(c1)c1cc(C(C)(C)C)ccc1n2-c1nc(-c2ccccc2-n2c3ccccc3c3cc(C(C)(C)C)ccc32)nc(-c2ccccc2-n2c3ccc(C(C)(C)C)cc3c3cc(C(C)(C)C)ccc32)n1. The molecule has 0 aliphatic rings. The molecule has 0 aliphatic carbocycles. The summed E-state index contributed by atoms with van der Waals surface area (Å²) in [5.41, 5.74) is 16.7. The Morgan fingerprint density at radius 3 is 0.870 bits per heavy atom. The molecular formula is C71H72N6. The number of benzene rings is 8. The van der Waals surface area contributed by atoms with E-state index in [4.69, 9.17) is 15.0 Å². The topological polar surface area (TPSA) is 53.5 Å². The Labute approximate surface area is 454 Å². The Morgan fingerprint density at radius 1 is 0.260 bits per heavy atom. The Bertz CT molecular complexity index is 4200. The molecule has 8 aromatic carbocycles. The van der Waals surface area contributed by atoms with Crippen molar-refractivity contribution in [2.24, 2.45) is 0 Å². The van der Waals surface area contributed by atoms with Crippen LogP contribution in [0.4, 0.5) is 0 Å². The molecule has 0 N–H and O–H groups in total. The summed E-state index contributed by atoms with van der Waals surface area (Å²) in [6.07, 6.45) is 0. The summed E-state index contributed by atoms with van der Waals surface area (Å²) in [5.74, 6) is 1.74. The van der Waals surface area contributed by atoms with Crippen molar-refractivity contribution in [1.82, 2.24) is 28.7 Å². The molecule has 0 radical (unpaired) electrons. The number of rotatable bonds is 5. The van der Waals surface area contributed by atoms with Crippen LogP contribution in [-0.2, 0) is 27.1 Å². The van der Waals surface area contributed by atoms with E-state index >= 15 is 0 Å². The van der Waals surface area contributed by atoms with Crippen LogP contribution in [0.2, 0.25) is 0 Å². The quantitative estimate of drug-likeness (QED) is 0.173. The molecule has 0 aliphatic heterocycles. The van der Waals surface area contributed by atoms with Gasteiger partial charge in [0.05, 0.1) is 44.5 Å². The van der Waals surface area contributed by atoms with Gasteiger partial charge in [0.15, 0.2) is 11.6 Å². The average molecular weight is 1010 g/mol. The van der Waals surface area contributed by atoms with Crippen LogP contribution in [0.15, 0.2) is 164 Å². The summed E-state index contributed by atoms with van der Waals surface area (Å²) in [4.78, 5) is 17.0. The number of aromatic nitrogens is 6. The molecule has 12 rings (SSSR count). The largest absolute Gasteiger partial charge is 0.309 e. The Kier molecular flexibility index (Phi) is 11.3. The van der Waals surface area contributed by atoms with Crippen molar-refractivity contribution in [2.45, 2.75) is 131 Å². The second kappa shape index (κ2) is 17.3. The zero-order chi connectivity index (χ0) is 54.3. The first-order valence-electron chi connectivity index (χ1n) is 27.5. The lowest BCUT2D eigenvalue weighted by Gasteiger charge is -2.20. The van der Waals surface area contributed by atoms with Crippen molar-refractivity contribution in [3.63, 3.8) is 0 Å². The average Bonchev–Trinajstić information content (AvgIpc) is 4.02. The highest BCUT2D eigenvalue weighted by Gasteiger charge is 2.28. The monoisotopic (exact) mass is 1010 g/mol. The first-order chi connectivity index (χ1) is 36.3. The van der Waals surface area contributed by atoms with Gasteiger partial charge in [0.25, 0.3) is 0 Å². The summed E-state index contributed by atoms with van der Waals surface area (Å²) in [7, 11) is 0. The second-order valence-electron chi connectivity index (χ2n) is 26.7. The highest BCUT2D eigenvalue weighted by Crippen LogP contribution is 2.43. The lowest BCUT2D eigenvalue weighted by molar-refractivity contribution is 0.590. The van der Waals surface area contributed by atoms with Crippen molar-refractivity contribution in [3.8, 4) is 40.1 Å². The molecule has 0 saturated heterocycles. The van der Waals surface area contributed by atoms with Crippen LogP contribution in [0.25, 0.3) is 106 Å². The molecule has 6 nitrogen and oxygen atoms in total. The van der Waals surface area contributed by atoms with E-state index in [-0.39, 0.29) is 27.1 Å². The third kappa shape index (κ3) is 8.43. The van der Waals surface area contributed by atoms with Crippen molar-refractivity contribution < 1.29 is 0 Å². The smallest absolute Gasteiger partial charge is 0.238 e. The minimum Gasteiger partial charge on any atom is -0.309 e. The number of para-hydroxylation sites is 3. The minimum atomic E-state index is -0.0538. The van der Waals surface area contributed by atoms with E-state index in [9.17, 15) is 0 Å². The van der Waals surface area contributed by atoms with Gasteiger partial charge in [-0.2, -0.15) is 9.97 Å². The molecule has 0 fully saturated rings. The molecular weight excluding hydrogens is 937 g/mol. The predicted molar refractivity (Wildman–Crippen MR) is 327 cm³/mol. The van der Waals surface area contributed by atoms with Crippen molar-refractivity contribution >= 4 is 65.4 Å². The first kappa shape index (κ1) is 50.0. The summed E-state index contributed by atoms with van der Waals surface area (Å²) in [6.45, 7) is 34.4. The Morgan fingerprint density at radius 2 is 0.532 bits per heavy atom. The molecule has 0 amide bonds. The van der Waals surface area contributed by atoms with Crippen LogP contribution in [0.1, 0.15) is 132 Å². The lowest BCUT2D eigenvalue weighted by Crippen LogP contribution is -2.11. The lowest BCUT2D eigenvalue weighted by atomic mass is 9.85. The highest BCUT2D eigenvalue weighted by molar-refractivity contribution is 6.12. The molecule has 6 heteroatoms. The van der Waals surface area contributed by atoms with E-state index in [2.05, 4.69) is 281 Å². The molecule has 0 saturated carbocycles. The fourth-order valence-corrected chi connectivity index (χ4v) is 11.5. The van der Waals surface area contributed by atoms with Crippen molar-refractivity contribution in [1.29, 1.82) is 0 Å². The summed E-state index contributed by atoms with van der Waals surface area (Å²) < 4.78 is 7.12. The van der Waals surface area contributed by atoms with Gasteiger partial charge in [-0.05, 0) is 146 Å². The van der Waals surface area contributed by atoms with Crippen molar-refractivity contribution in [3.05, 3.63) is 192 Å². The number of fused-ring (bicyclic) bond motifs is 9. The maximum atomic E-state index is 5.68. The maximum absolute atomic E-state index is 5.68. The minimum absolute atomic E-state index is 0.0112. The van der Waals surface area contributed by atoms with E-state index in [1.165, 1.54) is 60.1 Å². The summed E-state index contributed by atoms with van der Waals surface area (Å²) >= 11 is 0. The zero-order valence-electron chi connectivity index (χ0n) is 47.8. The van der Waals surface area contributed by atoms with Crippen LogP contribution in [0, 0.1) is 0 Å². The fraction of sp³-hybridized carbons (Fsp3) is 0.282. The predicted octanol–water partition coefficient (Wildman–Crippen LogP) is 19.0. The van der Waals surface area contributed by atoms with Gasteiger partial charge >= 0.3 is 0 Å². The van der Waals surface area contributed by atoms with Crippen LogP contribution in [-0.4, -0.2) is 28.7 Å². The van der Waals surface area contributed by atoms with Gasteiger partial charge in [0, 0.05) is 43.4 Å². The first-order valence-corrected chi connectivity index (χ1v) is 27.5. The van der Waals surface area contributed by atoms with E-state index in [0.29, 0.717) is 17.6 Å². The normalized spacial score (nSPS) is 13.1. The third-order valence-electron chi connectivity index (χ3n) is 16.1. The molecule has 0 atom stereocenters. The van der Waals surface area contributed by atoms with Gasteiger partial charge in [-0.3, -0.25) is 4.57 Å². The molecule has 77 heavy (non-hydrogen) atoms. The van der Waals surface area contributed by atoms with Gasteiger partial charge in [0.2, 0.25) is 5.95 Å². The van der Waals surface area contributed by atoms with Crippen LogP contribution in [0.3, 0.4) is 0 Å². The summed E-state index contributed by atoms with van der Waals surface area (Å²) in [5, 5.41) is 7.25. The molecule has 4 aromatic heterocycles. The van der Waals surface area contributed by atoms with E-state index < -0.39 is 0 Å². The number of hydrogen-bond acceptors (Lipinski definition) is 3. The van der Waals surface area contributed by atoms with Crippen molar-refractivity contribution in [2.75, 3.05) is 0 Å². The van der Waals surface area contributed by atoms with Gasteiger partial charge < -0.3 is 9.13 Å². The van der Waals surface area contributed by atoms with E-state index in [1.807, 2.05) is 0 Å². The molecule has 0 unspecified atom stereocenters. The second-order valence-corrected chi connectivity index (χ2v) is 26.7. The standard InChI is InChI=1S/C71H72N6/c1-67(2,3)43-28-33-59-51(38-43)48-22-16-19-25-56(48)75(59)57-26-20-17-23-49(57)64-72-65(74-66(73-64)77-62-36-31-46(70(10,11)12)41-54(62)55-42-47(71(13,14)15)32-37-63(55)77)50-24-18-21-27-58(50)76-60-34-29-44(68(4,5)6)39-52(60)53-40-45(69(7,8)9)30-35-61(53)76/h16-42H,1-15H3. The third-order valence-corrected chi connectivity index (χ3v) is 16.1. The van der Waals surface area contributed by atoms with Gasteiger partial charge in [-0.25, -0.2) is 4.98 Å². The zero-order valence-corrected chi connectivity index (χ0v) is 47.8. The maximum Gasteiger partial charge on any atom is 0.238 e. The molecule has 4 heterocycles. The number of hydrogen-bond donors (Lipinski definition) is 0. The Balaban J connectivity index is 1.18. The highest BCUT2D eigenvalue weighted by atomic mass is 15.2. The molecule has 0 spiro atoms. The fourth-order valence-electron chi connectivity index (χ4n) is 11.5. The molecule has 0 bridgehead atoms. The molecule has 386 valence electrons. The Hall–Kier alpha value is -7.83. The van der Waals surface area contributed by atoms with Gasteiger partial charge in [-0.15, -0.1) is 0 Å². The number of nitrogens with zero attached hydrogens (tertiary/aromatic N) is 6. The van der Waals surface area contributed by atoms with E-state index in [1.54, 1.807) is 0 Å². The van der Waals surface area contributed by atoms with Gasteiger partial charge in [-0.1, -0.05) is 177 Å². The summed E-state index contributed by atoms with van der Waals surface area (Å²) in [6, 6.07) is 61.0. The van der Waals surface area contributed by atoms with Crippen LogP contribution in [0.5, 0.6) is 0 Å².